The van der Waals surface area contributed by atoms with Crippen molar-refractivity contribution in [1.82, 2.24) is 10.6 Å². The monoisotopic (exact) mass is 674 g/mol. The van der Waals surface area contributed by atoms with Crippen LogP contribution in [0.25, 0.3) is 0 Å². The molecule has 258 valence electrons. The van der Waals surface area contributed by atoms with Crippen molar-refractivity contribution in [2.24, 2.45) is 0 Å². The normalized spacial score (nSPS) is 18.4. The highest BCUT2D eigenvalue weighted by Gasteiger charge is 2.50. The van der Waals surface area contributed by atoms with Crippen LogP contribution < -0.4 is 21.0 Å². The summed E-state index contributed by atoms with van der Waals surface area (Å²) >= 11 is 0. The molecule has 0 spiro atoms. The fraction of sp³-hybridized carbons (Fsp3) is 0.421. The lowest BCUT2D eigenvalue weighted by Gasteiger charge is -2.44. The number of nitrogens with one attached hydrogen (secondary N) is 2. The van der Waals surface area contributed by atoms with Gasteiger partial charge in [0.2, 0.25) is 0 Å². The first-order valence-electron chi connectivity index (χ1n) is 16.3. The summed E-state index contributed by atoms with van der Waals surface area (Å²) in [4.78, 5) is 26.3. The third kappa shape index (κ3) is 9.79. The molecule has 1 aliphatic rings. The molecule has 0 saturated heterocycles. The van der Waals surface area contributed by atoms with Gasteiger partial charge in [0.05, 0.1) is 18.7 Å². The van der Waals surface area contributed by atoms with Gasteiger partial charge in [-0.3, -0.25) is 0 Å². The van der Waals surface area contributed by atoms with E-state index >= 15 is 0 Å². The van der Waals surface area contributed by atoms with Crippen molar-refractivity contribution >= 4 is 30.9 Å². The molecule has 3 atom stereocenters. The maximum absolute atomic E-state index is 13.2. The van der Waals surface area contributed by atoms with Crippen LogP contribution in [-0.2, 0) is 30.0 Å². The average molecular weight is 675 g/mol. The molecular formula is C38H50N2O7Si. The maximum Gasteiger partial charge on any atom is 0.408 e. The average Bonchev–Trinajstić information content (AvgIpc) is 3.04. The predicted molar refractivity (Wildman–Crippen MR) is 190 cm³/mol. The van der Waals surface area contributed by atoms with E-state index in [1.165, 1.54) is 7.11 Å². The van der Waals surface area contributed by atoms with Gasteiger partial charge < -0.3 is 34.0 Å². The van der Waals surface area contributed by atoms with Crippen LogP contribution in [0.3, 0.4) is 0 Å². The highest BCUT2D eigenvalue weighted by atomic mass is 28.4. The van der Waals surface area contributed by atoms with Crippen LogP contribution in [0.5, 0.6) is 0 Å². The van der Waals surface area contributed by atoms with Crippen LogP contribution in [0.15, 0.2) is 103 Å². The van der Waals surface area contributed by atoms with E-state index in [1.807, 2.05) is 48.5 Å². The van der Waals surface area contributed by atoms with E-state index in [-0.39, 0.29) is 25.0 Å². The number of hydrogen-bond acceptors (Lipinski definition) is 7. The number of methoxy groups -OCH3 is 1. The van der Waals surface area contributed by atoms with Gasteiger partial charge in [0.25, 0.3) is 8.32 Å². The molecule has 2 amide bonds. The number of carbonyl (C=O) groups is 2. The minimum atomic E-state index is -2.86. The van der Waals surface area contributed by atoms with E-state index in [0.717, 1.165) is 21.5 Å². The lowest BCUT2D eigenvalue weighted by molar-refractivity contribution is -0.0724. The minimum absolute atomic E-state index is 0.0261. The predicted octanol–water partition coefficient (Wildman–Crippen LogP) is 6.07. The Balaban J connectivity index is 1.67. The van der Waals surface area contributed by atoms with Crippen molar-refractivity contribution < 1.29 is 33.0 Å². The molecular weight excluding hydrogens is 625 g/mol. The van der Waals surface area contributed by atoms with E-state index in [1.54, 1.807) is 20.8 Å². The number of hydrogen-bond donors (Lipinski definition) is 2. The van der Waals surface area contributed by atoms with Gasteiger partial charge in [0.15, 0.2) is 0 Å². The quantitative estimate of drug-likeness (QED) is 0.137. The Morgan fingerprint density at radius 3 is 1.85 bits per heavy atom. The van der Waals surface area contributed by atoms with E-state index < -0.39 is 44.3 Å². The molecule has 4 rings (SSSR count). The van der Waals surface area contributed by atoms with E-state index in [9.17, 15) is 9.59 Å². The van der Waals surface area contributed by atoms with Crippen molar-refractivity contribution in [1.29, 1.82) is 0 Å². The molecule has 1 aliphatic carbocycles. The van der Waals surface area contributed by atoms with Gasteiger partial charge >= 0.3 is 12.2 Å². The molecule has 10 heteroatoms. The third-order valence-corrected chi connectivity index (χ3v) is 13.1. The summed E-state index contributed by atoms with van der Waals surface area (Å²) in [5, 5.41) is 8.04. The Labute approximate surface area is 286 Å². The standard InChI is InChI=1S/C38H50N2O7Si/c1-37(2,3)47-36(42)40-34-32(39-35(41)44-25-28-17-11-8-12-18-28)23-29(24-33(34)45-27-43-7)26-46-48(38(4,5)6,30-19-13-9-14-20-30)31-21-15-10-16-22-31/h8-22,24,32-34H,23,25-27H2,1-7H3,(H,39,41)(H,40,42)/t32-,33+,34+/m0/s1. The highest BCUT2D eigenvalue weighted by molar-refractivity contribution is 6.99. The lowest BCUT2D eigenvalue weighted by Crippen LogP contribution is -2.67. The summed E-state index contributed by atoms with van der Waals surface area (Å²) in [7, 11) is -1.33. The van der Waals surface area contributed by atoms with Gasteiger partial charge in [-0.1, -0.05) is 118 Å². The fourth-order valence-electron chi connectivity index (χ4n) is 6.09. The van der Waals surface area contributed by atoms with Gasteiger partial charge in [-0.15, -0.1) is 0 Å². The molecule has 48 heavy (non-hydrogen) atoms. The summed E-state index contributed by atoms with van der Waals surface area (Å²) in [5.74, 6) is 0. The topological polar surface area (TPSA) is 104 Å². The first-order valence-corrected chi connectivity index (χ1v) is 18.2. The van der Waals surface area contributed by atoms with Gasteiger partial charge in [-0.2, -0.15) is 0 Å². The number of amides is 2. The van der Waals surface area contributed by atoms with Gasteiger partial charge in [0.1, 0.15) is 25.1 Å². The summed E-state index contributed by atoms with van der Waals surface area (Å²) in [6, 6.07) is 29.0. The highest BCUT2D eigenvalue weighted by Crippen LogP contribution is 2.37. The molecule has 0 unspecified atom stereocenters. The number of alkyl carbamates (subject to hydrolysis) is 2. The number of rotatable bonds is 12. The van der Waals surface area contributed by atoms with Crippen LogP contribution in [0, 0.1) is 0 Å². The SMILES string of the molecule is COCO[C@@H]1C=C(CO[Si](c2ccccc2)(c2ccccc2)C(C)(C)C)C[C@H](NC(=O)OCc2ccccc2)[C@H]1NC(=O)OC(C)(C)C. The Kier molecular flexibility index (Phi) is 12.6. The summed E-state index contributed by atoms with van der Waals surface area (Å²) in [6.07, 6.45) is 0.449. The van der Waals surface area contributed by atoms with Crippen molar-refractivity contribution in [3.63, 3.8) is 0 Å². The zero-order valence-electron chi connectivity index (χ0n) is 29.2. The first kappa shape index (κ1) is 36.9. The second-order valence-electron chi connectivity index (χ2n) is 14.0. The summed E-state index contributed by atoms with van der Waals surface area (Å²) in [5.41, 5.74) is 1.06. The number of ether oxygens (including phenoxy) is 4. The number of carbonyl (C=O) groups excluding carboxylic acids is 2. The molecule has 3 aromatic carbocycles. The van der Waals surface area contributed by atoms with Crippen LogP contribution in [0.4, 0.5) is 9.59 Å². The zero-order chi connectivity index (χ0) is 34.8. The van der Waals surface area contributed by atoms with Gasteiger partial charge in [-0.25, -0.2) is 9.59 Å². The molecule has 0 aliphatic heterocycles. The first-order chi connectivity index (χ1) is 22.8. The Morgan fingerprint density at radius 2 is 1.33 bits per heavy atom. The Morgan fingerprint density at radius 1 is 0.771 bits per heavy atom. The minimum Gasteiger partial charge on any atom is -0.445 e. The molecule has 3 aromatic rings. The molecule has 0 heterocycles. The van der Waals surface area contributed by atoms with Crippen molar-refractivity contribution in [3.8, 4) is 0 Å². The zero-order valence-corrected chi connectivity index (χ0v) is 30.2. The Bertz CT molecular complexity index is 1450. The van der Waals surface area contributed by atoms with Crippen LogP contribution in [-0.4, -0.2) is 64.8 Å². The molecule has 0 saturated carbocycles. The Hall–Kier alpha value is -3.96. The van der Waals surface area contributed by atoms with E-state index in [4.69, 9.17) is 23.4 Å². The van der Waals surface area contributed by atoms with Crippen LogP contribution >= 0.6 is 0 Å². The van der Waals surface area contributed by atoms with Crippen LogP contribution in [0.1, 0.15) is 53.5 Å². The molecule has 2 N–H and O–H groups in total. The van der Waals surface area contributed by atoms with Crippen molar-refractivity contribution in [3.05, 3.63) is 108 Å². The molecule has 9 nitrogen and oxygen atoms in total. The fourth-order valence-corrected chi connectivity index (χ4v) is 10.7. The molecule has 0 radical (unpaired) electrons. The smallest absolute Gasteiger partial charge is 0.408 e. The lowest BCUT2D eigenvalue weighted by atomic mass is 9.88. The van der Waals surface area contributed by atoms with Gasteiger partial charge in [0, 0.05) is 7.11 Å². The molecule has 0 fully saturated rings. The largest absolute Gasteiger partial charge is 0.445 e. The molecule has 0 bridgehead atoms. The third-order valence-electron chi connectivity index (χ3n) is 8.14. The number of benzene rings is 3. The second-order valence-corrected chi connectivity index (χ2v) is 18.3. The maximum atomic E-state index is 13.2. The van der Waals surface area contributed by atoms with Crippen molar-refractivity contribution in [2.45, 2.75) is 83.4 Å². The molecule has 0 aromatic heterocycles. The van der Waals surface area contributed by atoms with Gasteiger partial charge in [-0.05, 0) is 53.7 Å². The summed E-state index contributed by atoms with van der Waals surface area (Å²) < 4.78 is 29.8. The van der Waals surface area contributed by atoms with Crippen molar-refractivity contribution in [2.75, 3.05) is 20.5 Å². The van der Waals surface area contributed by atoms with Crippen LogP contribution in [0.2, 0.25) is 5.04 Å². The summed E-state index contributed by atoms with van der Waals surface area (Å²) in [6.45, 7) is 12.4. The van der Waals surface area contributed by atoms with E-state index in [2.05, 4.69) is 79.9 Å². The second kappa shape index (κ2) is 16.4. The van der Waals surface area contributed by atoms with E-state index in [0.29, 0.717) is 6.42 Å².